The second-order valence-electron chi connectivity index (χ2n) is 12.4. The van der Waals surface area contributed by atoms with Crippen molar-refractivity contribution < 1.29 is 21.1 Å². The second kappa shape index (κ2) is 13.2. The number of nitrogens with one attached hydrogen (secondary N) is 1. The number of hydrogen-bond donors (Lipinski definition) is 1. The molecule has 2 aromatic heterocycles. The predicted molar refractivity (Wildman–Crippen MR) is 194 cm³/mol. The van der Waals surface area contributed by atoms with Crippen LogP contribution < -0.4 is 26.0 Å². The molecule has 0 amide bonds. The molecule has 9 rings (SSSR count). The number of aliphatic imine (C=N–C) groups is 1. The summed E-state index contributed by atoms with van der Waals surface area (Å²) in [6, 6.07) is 51.0. The van der Waals surface area contributed by atoms with Crippen LogP contribution in [-0.4, -0.2) is 11.8 Å². The minimum absolute atomic E-state index is 0. The molecular formula is C44H32N4Pt. The van der Waals surface area contributed by atoms with Crippen LogP contribution in [0.1, 0.15) is 46.5 Å². The molecule has 238 valence electrons. The fourth-order valence-electron chi connectivity index (χ4n) is 7.28. The van der Waals surface area contributed by atoms with Crippen LogP contribution in [0.3, 0.4) is 0 Å². The van der Waals surface area contributed by atoms with Gasteiger partial charge in [0.1, 0.15) is 0 Å². The first-order valence-corrected chi connectivity index (χ1v) is 16.6. The summed E-state index contributed by atoms with van der Waals surface area (Å²) in [7, 11) is 0. The molecule has 1 unspecified atom stereocenters. The van der Waals surface area contributed by atoms with E-state index in [9.17, 15) is 0 Å². The molecule has 4 aromatic carbocycles. The summed E-state index contributed by atoms with van der Waals surface area (Å²) in [5.41, 5.74) is 13.7. The molecule has 5 heteroatoms. The van der Waals surface area contributed by atoms with Crippen molar-refractivity contribution in [1.82, 2.24) is 15.3 Å². The zero-order valence-electron chi connectivity index (χ0n) is 26.7. The van der Waals surface area contributed by atoms with Crippen molar-refractivity contribution in [3.63, 3.8) is 0 Å². The van der Waals surface area contributed by atoms with Crippen LogP contribution in [0.15, 0.2) is 174 Å². The maximum absolute atomic E-state index is 5.38. The molecule has 5 heterocycles. The van der Waals surface area contributed by atoms with Gasteiger partial charge in [0.2, 0.25) is 0 Å². The SMILES string of the molecule is C1=C/C2=C(\c3ccccc3)c3ccc([n-]3)/C(c3ccccc3)=C3/CCC(N3)/C(c3ccccc3)=c3/cc/c([n-]3)=C(\c3ccccc3)C1=N2.[Pt+2]. The van der Waals surface area contributed by atoms with Gasteiger partial charge < -0.3 is 15.3 Å². The number of allylic oxidation sites excluding steroid dienone is 3. The summed E-state index contributed by atoms with van der Waals surface area (Å²) in [6.45, 7) is 0. The van der Waals surface area contributed by atoms with Gasteiger partial charge in [-0.2, -0.15) is 0 Å². The third-order valence-corrected chi connectivity index (χ3v) is 9.43. The molecule has 6 aromatic rings. The molecule has 1 saturated heterocycles. The Morgan fingerprint density at radius 1 is 0.510 bits per heavy atom. The number of hydrogen-bond acceptors (Lipinski definition) is 2. The molecule has 0 radical (unpaired) electrons. The van der Waals surface area contributed by atoms with Crippen molar-refractivity contribution in [2.24, 2.45) is 4.99 Å². The van der Waals surface area contributed by atoms with Crippen LogP contribution in [0, 0.1) is 0 Å². The van der Waals surface area contributed by atoms with Gasteiger partial charge >= 0.3 is 21.1 Å². The van der Waals surface area contributed by atoms with Gasteiger partial charge in [-0.1, -0.05) is 146 Å². The number of aromatic nitrogens is 2. The summed E-state index contributed by atoms with van der Waals surface area (Å²) in [4.78, 5) is 16.1. The van der Waals surface area contributed by atoms with Crippen LogP contribution in [0.4, 0.5) is 0 Å². The summed E-state index contributed by atoms with van der Waals surface area (Å²) < 4.78 is 0. The second-order valence-corrected chi connectivity index (χ2v) is 12.4. The molecule has 0 saturated carbocycles. The van der Waals surface area contributed by atoms with E-state index in [0.717, 1.165) is 79.7 Å². The van der Waals surface area contributed by atoms with Crippen molar-refractivity contribution in [3.8, 4) is 0 Å². The van der Waals surface area contributed by atoms with Gasteiger partial charge in [0, 0.05) is 5.70 Å². The molecular weight excluding hydrogens is 780 g/mol. The summed E-state index contributed by atoms with van der Waals surface area (Å²) >= 11 is 0. The first kappa shape index (κ1) is 30.9. The fourth-order valence-corrected chi connectivity index (χ4v) is 7.28. The van der Waals surface area contributed by atoms with E-state index in [2.05, 4.69) is 157 Å². The smallest absolute Gasteiger partial charge is 0.657 e. The van der Waals surface area contributed by atoms with Crippen molar-refractivity contribution in [2.45, 2.75) is 18.9 Å². The van der Waals surface area contributed by atoms with Crippen molar-refractivity contribution in [2.75, 3.05) is 0 Å². The minimum atomic E-state index is 0. The van der Waals surface area contributed by atoms with Gasteiger partial charge in [0.05, 0.1) is 17.5 Å². The zero-order chi connectivity index (χ0) is 31.9. The van der Waals surface area contributed by atoms with Crippen LogP contribution in [0.25, 0.3) is 22.3 Å². The topological polar surface area (TPSA) is 52.6 Å². The van der Waals surface area contributed by atoms with Gasteiger partial charge in [-0.25, -0.2) is 4.99 Å². The van der Waals surface area contributed by atoms with E-state index in [4.69, 9.17) is 15.0 Å². The van der Waals surface area contributed by atoms with Gasteiger partial charge in [-0.15, -0.1) is 22.1 Å². The van der Waals surface area contributed by atoms with E-state index >= 15 is 0 Å². The van der Waals surface area contributed by atoms with Gasteiger partial charge in [-0.3, -0.25) is 0 Å². The monoisotopic (exact) mass is 811 g/mol. The largest absolute Gasteiger partial charge is 2.00 e. The van der Waals surface area contributed by atoms with Gasteiger partial charge in [0.15, 0.2) is 0 Å². The molecule has 1 fully saturated rings. The molecule has 8 bridgehead atoms. The maximum atomic E-state index is 5.38. The Balaban J connectivity index is 0.00000348. The van der Waals surface area contributed by atoms with E-state index in [1.54, 1.807) is 0 Å². The van der Waals surface area contributed by atoms with Crippen LogP contribution in [-0.2, 0) is 21.1 Å². The number of rotatable bonds is 4. The standard InChI is InChI=1S/C44H32N4.Pt/c1-5-13-29(14-6-1)41-33-21-23-35(45-33)42(30-15-7-2-8-16-30)37-25-27-39(47-37)44(32-19-11-4-12-20-32)40-28-26-38(48-40)43(31-17-9-3-10-18-31)36-24-22-34(41)46-36;/h1-25,27,38,48H,26,28H2;/q-2;+2/b41-34-,42-35-,43-36-,44-40-;. The van der Waals surface area contributed by atoms with E-state index < -0.39 is 0 Å². The summed E-state index contributed by atoms with van der Waals surface area (Å²) in [6.07, 6.45) is 6.11. The predicted octanol–water partition coefficient (Wildman–Crippen LogP) is 6.99. The summed E-state index contributed by atoms with van der Waals surface area (Å²) in [5, 5.41) is 5.88. The molecule has 3 aliphatic rings. The fraction of sp³-hybridized carbons (Fsp3) is 0.0682. The van der Waals surface area contributed by atoms with Crippen molar-refractivity contribution >= 4 is 28.0 Å². The third-order valence-electron chi connectivity index (χ3n) is 9.43. The maximum Gasteiger partial charge on any atom is 2.00 e. The van der Waals surface area contributed by atoms with Gasteiger partial charge in [0.25, 0.3) is 0 Å². The average molecular weight is 812 g/mol. The molecule has 0 aliphatic carbocycles. The Hall–Kier alpha value is -5.44. The number of nitrogens with zero attached hydrogens (tertiary/aromatic N) is 3. The number of benzene rings is 4. The molecule has 4 nitrogen and oxygen atoms in total. The average Bonchev–Trinajstić information content (AvgIpc) is 3.98. The quantitative estimate of drug-likeness (QED) is 0.209. The Morgan fingerprint density at radius 3 is 1.67 bits per heavy atom. The van der Waals surface area contributed by atoms with E-state index in [0.29, 0.717) is 0 Å². The van der Waals surface area contributed by atoms with E-state index in [-0.39, 0.29) is 27.1 Å². The molecule has 0 spiro atoms. The first-order chi connectivity index (χ1) is 23.8. The van der Waals surface area contributed by atoms with Crippen molar-refractivity contribution in [1.29, 1.82) is 0 Å². The molecule has 3 aliphatic heterocycles. The van der Waals surface area contributed by atoms with Crippen LogP contribution in [0.5, 0.6) is 0 Å². The Morgan fingerprint density at radius 2 is 1.04 bits per heavy atom. The Labute approximate surface area is 300 Å². The Kier molecular flexibility index (Phi) is 8.33. The van der Waals surface area contributed by atoms with E-state index in [1.807, 2.05) is 6.07 Å². The van der Waals surface area contributed by atoms with Gasteiger partial charge in [-0.05, 0) is 69.5 Å². The summed E-state index contributed by atoms with van der Waals surface area (Å²) in [5.74, 6) is 0. The third kappa shape index (κ3) is 5.73. The number of fused-ring (bicyclic) bond motifs is 7. The van der Waals surface area contributed by atoms with E-state index in [1.165, 1.54) is 16.8 Å². The first-order valence-electron chi connectivity index (χ1n) is 16.6. The molecule has 1 N–H and O–H groups in total. The zero-order valence-corrected chi connectivity index (χ0v) is 28.9. The molecule has 49 heavy (non-hydrogen) atoms. The van der Waals surface area contributed by atoms with Crippen LogP contribution >= 0.6 is 0 Å². The normalized spacial score (nSPS) is 22.0. The molecule has 1 atom stereocenters. The van der Waals surface area contributed by atoms with Crippen LogP contribution in [0.2, 0.25) is 0 Å². The minimum Gasteiger partial charge on any atom is -0.657 e. The van der Waals surface area contributed by atoms with Crippen molar-refractivity contribution in [3.05, 3.63) is 213 Å². The Bertz CT molecular complexity index is 2390.